The monoisotopic (exact) mass is 1160 g/mol. The summed E-state index contributed by atoms with van der Waals surface area (Å²) in [7, 11) is 2.22. The minimum Gasteiger partial charge on any atom is -0.461 e. The topological polar surface area (TPSA) is 206 Å². The van der Waals surface area contributed by atoms with Gasteiger partial charge in [-0.1, -0.05) is 45.3 Å². The highest BCUT2D eigenvalue weighted by atomic mass is 35.5. The second kappa shape index (κ2) is 22.2. The van der Waals surface area contributed by atoms with Crippen molar-refractivity contribution < 1.29 is 98.6 Å². The number of hydrogen-bond acceptors (Lipinski definition) is 18. The van der Waals surface area contributed by atoms with Gasteiger partial charge in [0.1, 0.15) is 15.0 Å². The fourth-order valence-electron chi connectivity index (χ4n) is 5.90. The molecule has 1 atom stereocenters. The van der Waals surface area contributed by atoms with E-state index in [1.165, 1.54) is 0 Å². The number of esters is 1. The van der Waals surface area contributed by atoms with E-state index in [0.717, 1.165) is 54.7 Å². The number of aliphatic hydroxyl groups is 1. The molecular formula is C35H30ClF14N13O6S4. The van der Waals surface area contributed by atoms with Crippen LogP contribution in [0.3, 0.4) is 0 Å². The number of fused-ring (bicyclic) bond motifs is 4. The number of nitrogens with zero attached hydrogens (tertiary/aromatic N) is 13. The van der Waals surface area contributed by atoms with Crippen LogP contribution < -0.4 is 0 Å². The number of carbonyl (C=O) groups is 2. The number of aromatic nitrogens is 12. The van der Waals surface area contributed by atoms with Gasteiger partial charge in [0.25, 0.3) is 0 Å². The van der Waals surface area contributed by atoms with Gasteiger partial charge in [0.15, 0.2) is 22.8 Å². The van der Waals surface area contributed by atoms with E-state index in [2.05, 4.69) is 54.5 Å². The first-order valence-corrected chi connectivity index (χ1v) is 22.8. The number of rotatable bonds is 11. The van der Waals surface area contributed by atoms with Gasteiger partial charge < -0.3 is 24.2 Å². The summed E-state index contributed by atoms with van der Waals surface area (Å²) in [5.41, 5.74) is -4.96. The molecule has 0 bridgehead atoms. The van der Waals surface area contributed by atoms with Crippen LogP contribution in [-0.2, 0) is 69.9 Å². The molecule has 400 valence electrons. The van der Waals surface area contributed by atoms with Gasteiger partial charge in [-0.3, -0.25) is 4.79 Å². The number of halogens is 15. The van der Waals surface area contributed by atoms with Crippen LogP contribution in [-0.4, -0.2) is 113 Å². The quantitative estimate of drug-likeness (QED) is 0.0730. The predicted octanol–water partition coefficient (Wildman–Crippen LogP) is 8.77. The van der Waals surface area contributed by atoms with Crippen molar-refractivity contribution in [3.8, 4) is 0 Å². The molecule has 1 aliphatic rings. The number of methoxy groups -OCH3 is 2. The van der Waals surface area contributed by atoms with Crippen LogP contribution in [0, 0.1) is 5.92 Å². The first-order valence-electron chi connectivity index (χ1n) is 22.2. The molecule has 0 unspecified atom stereocenters. The Hall–Kier alpha value is -5.47. The molecule has 0 aromatic carbocycles. The van der Waals surface area contributed by atoms with Crippen molar-refractivity contribution in [3.05, 3.63) is 67.1 Å². The zero-order chi connectivity index (χ0) is 59.4. The molecule has 0 radical (unpaired) electrons. The molecule has 8 aromatic heterocycles. The second-order valence-electron chi connectivity index (χ2n) is 13.9. The van der Waals surface area contributed by atoms with Crippen molar-refractivity contribution in [2.45, 2.75) is 76.1 Å². The zero-order valence-electron chi connectivity index (χ0n) is 41.9. The highest BCUT2D eigenvalue weighted by Gasteiger charge is 2.43. The molecule has 9 rings (SSSR count). The van der Waals surface area contributed by atoms with E-state index >= 15 is 0 Å². The summed E-state index contributed by atoms with van der Waals surface area (Å²) in [4.78, 5) is 37.4. The molecule has 0 spiro atoms. The molecule has 8 aromatic rings. The lowest BCUT2D eigenvalue weighted by Gasteiger charge is -2.18. The molecule has 1 amide bonds. The first-order chi connectivity index (χ1) is 36.0. The maximum Gasteiger partial charge on any atom is 0.435 e. The van der Waals surface area contributed by atoms with Crippen molar-refractivity contribution in [1.29, 1.82) is 0 Å². The normalized spacial score (nSPS) is 16.6. The highest BCUT2D eigenvalue weighted by molar-refractivity contribution is 7.18. The van der Waals surface area contributed by atoms with Gasteiger partial charge in [-0.05, 0) is 24.4 Å². The first kappa shape index (κ1) is 48.5. The highest BCUT2D eigenvalue weighted by Crippen LogP contribution is 2.38. The van der Waals surface area contributed by atoms with Gasteiger partial charge in [0.05, 0.1) is 65.3 Å². The van der Waals surface area contributed by atoms with Crippen molar-refractivity contribution in [2.24, 2.45) is 5.92 Å². The lowest BCUT2D eigenvalue weighted by atomic mass is 10.1. The average Bonchev–Trinajstić information content (AvgIpc) is 4.13. The van der Waals surface area contributed by atoms with Crippen molar-refractivity contribution in [1.82, 2.24) is 63.3 Å². The van der Waals surface area contributed by atoms with Gasteiger partial charge in [-0.25, -0.2) is 42.8 Å². The molecule has 38 heteroatoms. The lowest BCUT2D eigenvalue weighted by molar-refractivity contribution is -0.142. The summed E-state index contributed by atoms with van der Waals surface area (Å²) in [6.45, 7) is -6.12. The minimum atomic E-state index is -4.85. The Balaban J connectivity index is 0.000000176. The Morgan fingerprint density at radius 3 is 1.62 bits per heavy atom. The van der Waals surface area contributed by atoms with E-state index in [1.807, 2.05) is 0 Å². The molecule has 1 N–H and O–H groups in total. The Morgan fingerprint density at radius 2 is 1.18 bits per heavy atom. The smallest absolute Gasteiger partial charge is 0.435 e. The van der Waals surface area contributed by atoms with Crippen LogP contribution in [0.2, 0.25) is 0 Å². The van der Waals surface area contributed by atoms with Crippen LogP contribution in [0.4, 0.5) is 61.5 Å². The predicted molar refractivity (Wildman–Crippen MR) is 226 cm³/mol. The molecule has 73 heavy (non-hydrogen) atoms. The maximum atomic E-state index is 13.4. The van der Waals surface area contributed by atoms with Gasteiger partial charge in [0, 0.05) is 33.6 Å². The molecule has 0 saturated carbocycles. The average molecular weight is 1160 g/mol. The van der Waals surface area contributed by atoms with Crippen LogP contribution in [0.5, 0.6) is 0 Å². The summed E-state index contributed by atoms with van der Waals surface area (Å²) in [6.07, 6.45) is -17.4. The number of amides is 1. The second-order valence-corrected chi connectivity index (χ2v) is 18.3. The maximum absolute atomic E-state index is 13.4. The standard InChI is InChI=1S/C14H14ClF5N4O2S.C8H6F3N3O2S.C7H6F3N3OS.C6H4F3N3OS/c1-26-6-9-22-24-8(11(14(18,19)20)21-12(24)27-9)5-23-4-7(2-10(23)25)3-13(15,16)17;1-2-16-6(15)5-13-14-3-4(8(9,10)11)12-7(14)17-5;1-14-3-5-12-13-2-4(7(8,9)10)11-6(13)15-5;7-6(8,9)3-1-12-5(10-3)14-4(2-13)11-12/h7H,2-6H2,1H3;3H,2H2,1H3;2H,3H2,1H3;1,13H,2H2/t7-;;;/m1.../s1/i6D2;;3D2;2D2. The largest absolute Gasteiger partial charge is 0.461 e. The number of alkyl halides is 15. The fourth-order valence-corrected chi connectivity index (χ4v) is 9.12. The lowest BCUT2D eigenvalue weighted by Crippen LogP contribution is -2.27. The number of hydrogen-bond donors (Lipinski definition) is 1. The summed E-state index contributed by atoms with van der Waals surface area (Å²) >= 11 is 7.47. The van der Waals surface area contributed by atoms with E-state index in [-0.39, 0.29) is 59.4 Å². The summed E-state index contributed by atoms with van der Waals surface area (Å²) in [5.74, 6) is -2.07. The molecule has 1 aliphatic heterocycles. The Morgan fingerprint density at radius 1 is 0.712 bits per heavy atom. The fraction of sp³-hybridized carbons (Fsp3) is 0.486. The molecular weight excluding hydrogens is 1130 g/mol. The Labute approximate surface area is 425 Å². The molecule has 0 aliphatic carbocycles. The van der Waals surface area contributed by atoms with Gasteiger partial charge in [-0.15, -0.1) is 5.10 Å². The van der Waals surface area contributed by atoms with E-state index in [9.17, 15) is 71.1 Å². The van der Waals surface area contributed by atoms with Crippen LogP contribution in [0.1, 0.15) is 81.3 Å². The number of likely N-dealkylation sites (tertiary alicyclic amines) is 1. The summed E-state index contributed by atoms with van der Waals surface area (Å²) < 4.78 is 238. The van der Waals surface area contributed by atoms with Gasteiger partial charge >= 0.3 is 36.1 Å². The molecule has 19 nitrogen and oxygen atoms in total. The van der Waals surface area contributed by atoms with E-state index in [4.69, 9.17) is 24.9 Å². The van der Waals surface area contributed by atoms with E-state index in [0.29, 0.717) is 46.4 Å². The SMILES string of the molecule is CCOC(=O)c1nn2cc(C(F)(F)F)nc2s1.[2H]C([2H])(O)c1nn2cc(C(F)(F)F)nc2s1.[2H]C([2H])(OC)c1nn2c(CN3C[C@@H](CC(F)(F)Cl)CC3=O)c(C(F)(F)F)nc2s1.[2H]C([2H])(OC)c1nn2cc(C(F)(F)F)nc2s1. The number of carbonyl (C=O) groups excluding carboxylic acids is 2. The molecule has 9 heterocycles. The third kappa shape index (κ3) is 14.4. The van der Waals surface area contributed by atoms with Gasteiger partial charge in [-0.2, -0.15) is 76.8 Å². The van der Waals surface area contributed by atoms with Crippen molar-refractivity contribution >= 4 is 88.7 Å². The number of ether oxygens (including phenoxy) is 3. The van der Waals surface area contributed by atoms with Crippen molar-refractivity contribution in [3.63, 3.8) is 0 Å². The number of imidazole rings is 4. The summed E-state index contributed by atoms with van der Waals surface area (Å²) in [5, 5.41) is 19.3. The van der Waals surface area contributed by atoms with Crippen LogP contribution >= 0.6 is 56.9 Å². The van der Waals surface area contributed by atoms with Crippen molar-refractivity contribution in [2.75, 3.05) is 27.4 Å². The molecule has 1 saturated heterocycles. The van der Waals surface area contributed by atoms with Crippen LogP contribution in [0.15, 0.2) is 18.6 Å². The van der Waals surface area contributed by atoms with Gasteiger partial charge in [0.2, 0.25) is 30.8 Å². The third-order valence-corrected chi connectivity index (χ3v) is 12.2. The minimum absolute atomic E-state index is 0.000350. The molecule has 1 fully saturated rings. The third-order valence-electron chi connectivity index (χ3n) is 8.65. The van der Waals surface area contributed by atoms with Crippen LogP contribution in [0.25, 0.3) is 19.8 Å². The Kier molecular flexibility index (Phi) is 14.7. The zero-order valence-corrected chi connectivity index (χ0v) is 40.0. The van der Waals surface area contributed by atoms with E-state index in [1.54, 1.807) is 6.92 Å². The summed E-state index contributed by atoms with van der Waals surface area (Å²) in [6, 6.07) is 0. The Bertz CT molecular complexity index is 3310. The van der Waals surface area contributed by atoms with E-state index < -0.39 is 109 Å².